The third-order valence-electron chi connectivity index (χ3n) is 5.17. The highest BCUT2D eigenvalue weighted by molar-refractivity contribution is 5.34. The van der Waals surface area contributed by atoms with Crippen molar-refractivity contribution in [1.82, 2.24) is 0 Å². The zero-order valence-corrected chi connectivity index (χ0v) is 13.0. The summed E-state index contributed by atoms with van der Waals surface area (Å²) in [6.07, 6.45) is 4.08. The van der Waals surface area contributed by atoms with E-state index < -0.39 is 0 Å². The van der Waals surface area contributed by atoms with Gasteiger partial charge in [0.05, 0.1) is 0 Å². The predicted octanol–water partition coefficient (Wildman–Crippen LogP) is 4.93. The average Bonchev–Trinajstić information content (AvgIpc) is 2.46. The van der Waals surface area contributed by atoms with Gasteiger partial charge in [0.15, 0.2) is 0 Å². The first-order valence-corrected chi connectivity index (χ1v) is 8.00. The number of hydrogen-bond donors (Lipinski definition) is 1. The molecule has 1 heteroatoms. The highest BCUT2D eigenvalue weighted by Crippen LogP contribution is 2.38. The molecule has 2 N–H and O–H groups in total. The van der Waals surface area contributed by atoms with Gasteiger partial charge in [-0.3, -0.25) is 0 Å². The Kier molecular flexibility index (Phi) is 3.86. The van der Waals surface area contributed by atoms with Gasteiger partial charge in [0, 0.05) is 11.5 Å². The topological polar surface area (TPSA) is 26.0 Å². The third kappa shape index (κ3) is 2.75. The molecule has 0 amide bonds. The van der Waals surface area contributed by atoms with Gasteiger partial charge in [-0.1, -0.05) is 74.9 Å². The third-order valence-corrected chi connectivity index (χ3v) is 5.17. The quantitative estimate of drug-likeness (QED) is 0.843. The van der Waals surface area contributed by atoms with E-state index in [1.165, 1.54) is 36.0 Å². The number of rotatable bonds is 4. The van der Waals surface area contributed by atoms with Crippen molar-refractivity contribution in [2.45, 2.75) is 50.5 Å². The molecule has 0 saturated heterocycles. The van der Waals surface area contributed by atoms with Crippen LogP contribution in [0, 0.1) is 0 Å². The Morgan fingerprint density at radius 1 is 0.952 bits per heavy atom. The molecule has 0 aliphatic heterocycles. The summed E-state index contributed by atoms with van der Waals surface area (Å²) in [7, 11) is 0. The fourth-order valence-corrected chi connectivity index (χ4v) is 3.18. The van der Waals surface area contributed by atoms with Crippen LogP contribution in [0.2, 0.25) is 0 Å². The van der Waals surface area contributed by atoms with E-state index >= 15 is 0 Å². The summed E-state index contributed by atoms with van der Waals surface area (Å²) < 4.78 is 0. The minimum absolute atomic E-state index is 0.00957. The summed E-state index contributed by atoms with van der Waals surface area (Å²) in [5.74, 6) is 0.789. The second-order valence-corrected chi connectivity index (χ2v) is 6.86. The van der Waals surface area contributed by atoms with Gasteiger partial charge in [-0.15, -0.1) is 0 Å². The molecule has 1 aliphatic rings. The summed E-state index contributed by atoms with van der Waals surface area (Å²) in [4.78, 5) is 0. The molecule has 2 aromatic rings. The standard InChI is InChI=1S/C20H25N/c1-20(2,18-9-4-3-5-10-18)19(21)17-13-11-16(12-14-17)15-7-6-8-15/h3-5,9-15,19H,6-8,21H2,1-2H3. The van der Waals surface area contributed by atoms with E-state index in [1.54, 1.807) is 0 Å². The van der Waals surface area contributed by atoms with Crippen molar-refractivity contribution < 1.29 is 0 Å². The highest BCUT2D eigenvalue weighted by atomic mass is 14.7. The van der Waals surface area contributed by atoms with Crippen molar-refractivity contribution in [3.8, 4) is 0 Å². The van der Waals surface area contributed by atoms with Gasteiger partial charge in [-0.05, 0) is 35.4 Å². The Bertz CT molecular complexity index is 579. The smallest absolute Gasteiger partial charge is 0.0387 e. The molecule has 0 spiro atoms. The summed E-state index contributed by atoms with van der Waals surface area (Å²) in [5.41, 5.74) is 10.5. The minimum Gasteiger partial charge on any atom is -0.323 e. The van der Waals surface area contributed by atoms with E-state index in [1.807, 2.05) is 0 Å². The molecule has 1 atom stereocenters. The molecule has 0 bridgehead atoms. The van der Waals surface area contributed by atoms with E-state index in [-0.39, 0.29) is 11.5 Å². The SMILES string of the molecule is CC(C)(c1ccccc1)C(N)c1ccc(C2CCC2)cc1. The van der Waals surface area contributed by atoms with Gasteiger partial charge in [0.25, 0.3) is 0 Å². The molecule has 3 rings (SSSR count). The molecule has 2 aromatic carbocycles. The molecule has 1 saturated carbocycles. The Hall–Kier alpha value is -1.60. The molecule has 0 aromatic heterocycles. The first kappa shape index (κ1) is 14.3. The maximum atomic E-state index is 6.58. The van der Waals surface area contributed by atoms with E-state index in [4.69, 9.17) is 5.73 Å². The van der Waals surface area contributed by atoms with Crippen LogP contribution in [0.1, 0.15) is 61.8 Å². The van der Waals surface area contributed by atoms with Crippen LogP contribution >= 0.6 is 0 Å². The lowest BCUT2D eigenvalue weighted by Crippen LogP contribution is -2.33. The molecular weight excluding hydrogens is 254 g/mol. The van der Waals surface area contributed by atoms with Crippen LogP contribution < -0.4 is 5.73 Å². The first-order valence-electron chi connectivity index (χ1n) is 8.00. The second-order valence-electron chi connectivity index (χ2n) is 6.86. The fraction of sp³-hybridized carbons (Fsp3) is 0.400. The average molecular weight is 279 g/mol. The largest absolute Gasteiger partial charge is 0.323 e. The van der Waals surface area contributed by atoms with Crippen molar-refractivity contribution in [1.29, 1.82) is 0 Å². The molecule has 0 radical (unpaired) electrons. The van der Waals surface area contributed by atoms with Crippen molar-refractivity contribution in [2.75, 3.05) is 0 Å². The maximum absolute atomic E-state index is 6.58. The van der Waals surface area contributed by atoms with Gasteiger partial charge < -0.3 is 5.73 Å². The van der Waals surface area contributed by atoms with Crippen LogP contribution in [0.5, 0.6) is 0 Å². The Morgan fingerprint density at radius 2 is 1.57 bits per heavy atom. The Morgan fingerprint density at radius 3 is 2.10 bits per heavy atom. The van der Waals surface area contributed by atoms with Crippen LogP contribution in [0.15, 0.2) is 54.6 Å². The molecular formula is C20H25N. The van der Waals surface area contributed by atoms with Crippen LogP contribution in [-0.4, -0.2) is 0 Å². The second kappa shape index (κ2) is 5.65. The van der Waals surface area contributed by atoms with Crippen LogP contribution in [0.25, 0.3) is 0 Å². The lowest BCUT2D eigenvalue weighted by atomic mass is 9.74. The lowest BCUT2D eigenvalue weighted by molar-refractivity contribution is 0.415. The molecule has 1 fully saturated rings. The molecule has 110 valence electrons. The van der Waals surface area contributed by atoms with Gasteiger partial charge in [-0.2, -0.15) is 0 Å². The Labute approximate surface area is 128 Å². The first-order chi connectivity index (χ1) is 10.1. The lowest BCUT2D eigenvalue weighted by Gasteiger charge is -2.33. The predicted molar refractivity (Wildman–Crippen MR) is 89.4 cm³/mol. The molecule has 1 nitrogen and oxygen atoms in total. The molecule has 1 aliphatic carbocycles. The van der Waals surface area contributed by atoms with Crippen molar-refractivity contribution in [3.63, 3.8) is 0 Å². The number of benzene rings is 2. The zero-order valence-electron chi connectivity index (χ0n) is 13.0. The zero-order chi connectivity index (χ0) is 14.9. The highest BCUT2D eigenvalue weighted by Gasteiger charge is 2.29. The normalized spacial score (nSPS) is 17.3. The summed E-state index contributed by atoms with van der Waals surface area (Å²) >= 11 is 0. The van der Waals surface area contributed by atoms with E-state index in [9.17, 15) is 0 Å². The van der Waals surface area contributed by atoms with Crippen LogP contribution in [-0.2, 0) is 5.41 Å². The molecule has 1 unspecified atom stereocenters. The fourth-order valence-electron chi connectivity index (χ4n) is 3.18. The maximum Gasteiger partial charge on any atom is 0.0387 e. The summed E-state index contributed by atoms with van der Waals surface area (Å²) in [5, 5.41) is 0. The Balaban J connectivity index is 1.82. The van der Waals surface area contributed by atoms with E-state index in [0.29, 0.717) is 0 Å². The van der Waals surface area contributed by atoms with Crippen LogP contribution in [0.4, 0.5) is 0 Å². The molecule has 21 heavy (non-hydrogen) atoms. The summed E-state index contributed by atoms with van der Waals surface area (Å²) in [6.45, 7) is 4.46. The number of nitrogens with two attached hydrogens (primary N) is 1. The van der Waals surface area contributed by atoms with Gasteiger partial charge in [0.1, 0.15) is 0 Å². The van der Waals surface area contributed by atoms with E-state index in [2.05, 4.69) is 68.4 Å². The number of hydrogen-bond acceptors (Lipinski definition) is 1. The minimum atomic E-state index is -0.0702. The van der Waals surface area contributed by atoms with Gasteiger partial charge >= 0.3 is 0 Å². The summed E-state index contributed by atoms with van der Waals surface area (Å²) in [6, 6.07) is 19.6. The van der Waals surface area contributed by atoms with Gasteiger partial charge in [0.2, 0.25) is 0 Å². The van der Waals surface area contributed by atoms with Gasteiger partial charge in [-0.25, -0.2) is 0 Å². The van der Waals surface area contributed by atoms with E-state index in [0.717, 1.165) is 5.92 Å². The van der Waals surface area contributed by atoms with Crippen molar-refractivity contribution >= 4 is 0 Å². The van der Waals surface area contributed by atoms with Crippen molar-refractivity contribution in [2.24, 2.45) is 5.73 Å². The van der Waals surface area contributed by atoms with Crippen LogP contribution in [0.3, 0.4) is 0 Å². The molecule has 0 heterocycles. The van der Waals surface area contributed by atoms with Crippen molar-refractivity contribution in [3.05, 3.63) is 71.3 Å². The monoisotopic (exact) mass is 279 g/mol.